The molecule has 0 fully saturated rings. The van der Waals surface area contributed by atoms with Crippen molar-refractivity contribution >= 4 is 23.4 Å². The van der Waals surface area contributed by atoms with Crippen LogP contribution in [0.2, 0.25) is 0 Å². The number of halogens is 1. The minimum Gasteiger partial charge on any atom is -0.393 e. The minimum atomic E-state index is -0.436. The average molecular weight is 466 g/mol. The lowest BCUT2D eigenvalue weighted by atomic mass is 9.93. The van der Waals surface area contributed by atoms with Gasteiger partial charge in [0.2, 0.25) is 0 Å². The van der Waals surface area contributed by atoms with Gasteiger partial charge in [0.1, 0.15) is 18.2 Å². The number of aromatic nitrogens is 2. The zero-order valence-electron chi connectivity index (χ0n) is 20.0. The van der Waals surface area contributed by atoms with E-state index in [0.29, 0.717) is 40.0 Å². The summed E-state index contributed by atoms with van der Waals surface area (Å²) in [4.78, 5) is 35.4. The van der Waals surface area contributed by atoms with Crippen molar-refractivity contribution in [1.82, 2.24) is 9.55 Å². The van der Waals surface area contributed by atoms with Crippen LogP contribution in [0.4, 0.5) is 4.39 Å². The van der Waals surface area contributed by atoms with Crippen LogP contribution < -0.4 is 5.56 Å². The number of hydrogen-bond acceptors (Lipinski definition) is 6. The third-order valence-electron chi connectivity index (χ3n) is 6.15. The lowest BCUT2D eigenvalue weighted by molar-refractivity contribution is -0.109. The van der Waals surface area contributed by atoms with E-state index in [2.05, 4.69) is 5.16 Å². The molecule has 0 saturated carbocycles. The lowest BCUT2D eigenvalue weighted by Gasteiger charge is -2.16. The maximum Gasteiger partial charge on any atom is 0.257 e. The van der Waals surface area contributed by atoms with Crippen LogP contribution in [0.3, 0.4) is 0 Å². The van der Waals surface area contributed by atoms with Gasteiger partial charge in [0.15, 0.2) is 0 Å². The van der Waals surface area contributed by atoms with Crippen molar-refractivity contribution in [2.24, 2.45) is 5.16 Å². The summed E-state index contributed by atoms with van der Waals surface area (Å²) in [5.74, 6) is -0.798. The molecule has 1 aromatic carbocycles. The molecule has 3 heterocycles. The van der Waals surface area contributed by atoms with Gasteiger partial charge in [-0.05, 0) is 50.5 Å². The highest BCUT2D eigenvalue weighted by molar-refractivity contribution is 6.02. The van der Waals surface area contributed by atoms with Gasteiger partial charge in [-0.15, -0.1) is 0 Å². The fourth-order valence-electron chi connectivity index (χ4n) is 4.41. The molecule has 1 aliphatic heterocycles. The van der Waals surface area contributed by atoms with Gasteiger partial charge in [-0.2, -0.15) is 0 Å². The summed E-state index contributed by atoms with van der Waals surface area (Å²) < 4.78 is 21.4. The average Bonchev–Trinajstić information content (AvgIpc) is 3.16. The Hall–Kier alpha value is -3.39. The van der Waals surface area contributed by atoms with E-state index in [4.69, 9.17) is 14.6 Å². The van der Waals surface area contributed by atoms with Crippen molar-refractivity contribution in [2.75, 3.05) is 7.11 Å². The molecule has 2 aromatic heterocycles. The summed E-state index contributed by atoms with van der Waals surface area (Å²) in [6, 6.07) is 4.98. The normalized spacial score (nSPS) is 13.5. The van der Waals surface area contributed by atoms with Crippen molar-refractivity contribution in [3.05, 3.63) is 62.2 Å². The molecule has 0 spiro atoms. The summed E-state index contributed by atoms with van der Waals surface area (Å²) >= 11 is 0. The Labute approximate surface area is 197 Å². The molecule has 3 aromatic rings. The van der Waals surface area contributed by atoms with E-state index in [1.54, 1.807) is 23.8 Å². The van der Waals surface area contributed by atoms with E-state index in [-0.39, 0.29) is 30.6 Å². The number of oxime groups is 1. The summed E-state index contributed by atoms with van der Waals surface area (Å²) in [7, 11) is 1.52. The van der Waals surface area contributed by atoms with Crippen LogP contribution in [0.1, 0.15) is 60.9 Å². The number of benzene rings is 1. The van der Waals surface area contributed by atoms with Crippen LogP contribution in [0.25, 0.3) is 22.3 Å². The van der Waals surface area contributed by atoms with E-state index in [1.807, 2.05) is 26.8 Å². The third-order valence-corrected chi connectivity index (χ3v) is 6.15. The molecule has 1 aliphatic rings. The van der Waals surface area contributed by atoms with E-state index >= 15 is 0 Å². The van der Waals surface area contributed by atoms with Gasteiger partial charge < -0.3 is 18.9 Å². The number of nitrogens with zero attached hydrogens (tertiary/aromatic N) is 3. The summed E-state index contributed by atoms with van der Waals surface area (Å²) in [6.45, 7) is 7.72. The van der Waals surface area contributed by atoms with E-state index in [1.165, 1.54) is 13.2 Å². The number of rotatable bonds is 8. The number of fused-ring (bicyclic) bond motifs is 4. The monoisotopic (exact) mass is 465 g/mol. The first-order valence-corrected chi connectivity index (χ1v) is 11.3. The number of carbonyl (C=O) groups excluding carboxylic acids is 1. The van der Waals surface area contributed by atoms with Crippen LogP contribution in [-0.2, 0) is 27.5 Å². The predicted molar refractivity (Wildman–Crippen MR) is 129 cm³/mol. The summed E-state index contributed by atoms with van der Waals surface area (Å²) in [5.41, 5.74) is 4.52. The smallest absolute Gasteiger partial charge is 0.257 e. The number of carbonyl (C=O) groups is 1. The van der Waals surface area contributed by atoms with Gasteiger partial charge in [-0.25, -0.2) is 9.37 Å². The third kappa shape index (κ3) is 4.03. The molecule has 178 valence electrons. The highest BCUT2D eigenvalue weighted by Crippen LogP contribution is 2.37. The quantitative estimate of drug-likeness (QED) is 0.218. The first-order valence-electron chi connectivity index (χ1n) is 11.3. The molecule has 0 saturated heterocycles. The molecular weight excluding hydrogens is 437 g/mol. The van der Waals surface area contributed by atoms with Gasteiger partial charge in [-0.3, -0.25) is 4.79 Å². The van der Waals surface area contributed by atoms with Crippen LogP contribution >= 0.6 is 0 Å². The van der Waals surface area contributed by atoms with Crippen molar-refractivity contribution in [2.45, 2.75) is 59.3 Å². The molecule has 8 heteroatoms. The standard InChI is InChI=1S/C26H28FN3O4/c1-6-16(12-31)17-8-24-25-20(11-30(24)26(32)21(17)13-33-5)19(10-28-34-14(2)3)18-7-15(4)22(27)9-23(18)29-25/h7-10,12,14,16H,6,11,13H2,1-5H3/b28-10+. The Morgan fingerprint density at radius 3 is 2.71 bits per heavy atom. The zero-order valence-corrected chi connectivity index (χ0v) is 20.0. The predicted octanol–water partition coefficient (Wildman–Crippen LogP) is 4.47. The number of pyridine rings is 2. The van der Waals surface area contributed by atoms with Crippen LogP contribution in [0.5, 0.6) is 0 Å². The molecule has 0 bridgehead atoms. The fourth-order valence-corrected chi connectivity index (χ4v) is 4.41. The van der Waals surface area contributed by atoms with Gasteiger partial charge in [0, 0.05) is 41.2 Å². The van der Waals surface area contributed by atoms with Crippen molar-refractivity contribution in [1.29, 1.82) is 0 Å². The number of aryl methyl sites for hydroxylation is 1. The second-order valence-corrected chi connectivity index (χ2v) is 8.80. The van der Waals surface area contributed by atoms with Crippen LogP contribution in [-0.4, -0.2) is 35.3 Å². The van der Waals surface area contributed by atoms with Gasteiger partial charge in [0.25, 0.3) is 5.56 Å². The topological polar surface area (TPSA) is 82.8 Å². The number of ether oxygens (including phenoxy) is 1. The molecule has 7 nitrogen and oxygen atoms in total. The number of methoxy groups -OCH3 is 1. The Morgan fingerprint density at radius 2 is 2.06 bits per heavy atom. The van der Waals surface area contributed by atoms with E-state index in [0.717, 1.165) is 22.8 Å². The highest BCUT2D eigenvalue weighted by atomic mass is 19.1. The Morgan fingerprint density at radius 1 is 1.29 bits per heavy atom. The SMILES string of the molecule is CCC(C=O)c1cc2n(c(=O)c1COC)Cc1c-2nc2cc(F)c(C)cc2c1/C=N/OC(C)C. The molecule has 4 rings (SSSR count). The Bertz CT molecular complexity index is 1360. The van der Waals surface area contributed by atoms with Crippen LogP contribution in [0, 0.1) is 12.7 Å². The highest BCUT2D eigenvalue weighted by Gasteiger charge is 2.29. The molecule has 0 N–H and O–H groups in total. The largest absolute Gasteiger partial charge is 0.393 e. The minimum absolute atomic E-state index is 0.103. The van der Waals surface area contributed by atoms with E-state index < -0.39 is 5.92 Å². The second kappa shape index (κ2) is 9.46. The maximum atomic E-state index is 14.4. The number of hydrogen-bond donors (Lipinski definition) is 0. The van der Waals surface area contributed by atoms with Gasteiger partial charge in [-0.1, -0.05) is 12.1 Å². The van der Waals surface area contributed by atoms with E-state index in [9.17, 15) is 14.0 Å². The van der Waals surface area contributed by atoms with Gasteiger partial charge in [0.05, 0.1) is 36.3 Å². The second-order valence-electron chi connectivity index (χ2n) is 8.80. The first-order chi connectivity index (χ1) is 16.3. The Kier molecular flexibility index (Phi) is 6.61. The van der Waals surface area contributed by atoms with Crippen LogP contribution in [0.15, 0.2) is 28.1 Å². The summed E-state index contributed by atoms with van der Waals surface area (Å²) in [6.07, 6.45) is 2.91. The molecular formula is C26H28FN3O4. The van der Waals surface area contributed by atoms with Crippen molar-refractivity contribution in [3.8, 4) is 11.4 Å². The molecule has 1 atom stereocenters. The summed E-state index contributed by atoms with van der Waals surface area (Å²) in [5, 5.41) is 4.85. The Balaban J connectivity index is 2.02. The fraction of sp³-hybridized carbons (Fsp3) is 0.385. The number of aldehydes is 1. The first kappa shape index (κ1) is 23.8. The lowest BCUT2D eigenvalue weighted by Crippen LogP contribution is -2.26. The maximum absolute atomic E-state index is 14.4. The van der Waals surface area contributed by atoms with Gasteiger partial charge >= 0.3 is 0 Å². The van der Waals surface area contributed by atoms with Crippen molar-refractivity contribution in [3.63, 3.8) is 0 Å². The molecule has 0 aliphatic carbocycles. The molecule has 0 amide bonds. The molecule has 34 heavy (non-hydrogen) atoms. The zero-order chi connectivity index (χ0) is 24.6. The van der Waals surface area contributed by atoms with Crippen molar-refractivity contribution < 1.29 is 18.8 Å². The molecule has 0 radical (unpaired) electrons. The molecule has 1 unspecified atom stereocenters.